The first-order chi connectivity index (χ1) is 10.5. The van der Waals surface area contributed by atoms with Crippen LogP contribution in [0.4, 0.5) is 5.69 Å². The lowest BCUT2D eigenvalue weighted by molar-refractivity contribution is -0.384. The maximum absolute atomic E-state index is 11.1. The molecule has 2 heterocycles. The first-order valence-electron chi connectivity index (χ1n) is 7.07. The van der Waals surface area contributed by atoms with E-state index in [1.807, 2.05) is 20.8 Å². The number of hydrogen-bond donors (Lipinski definition) is 0. The van der Waals surface area contributed by atoms with E-state index in [1.165, 1.54) is 6.07 Å². The highest BCUT2D eigenvalue weighted by molar-refractivity contribution is 6.18. The number of aryl methyl sites for hydroxylation is 4. The second-order valence-electron chi connectivity index (χ2n) is 5.43. The van der Waals surface area contributed by atoms with Crippen molar-refractivity contribution >= 4 is 33.7 Å². The predicted octanol–water partition coefficient (Wildman–Crippen LogP) is 4.10. The van der Waals surface area contributed by atoms with Gasteiger partial charge in [0.2, 0.25) is 0 Å². The summed E-state index contributed by atoms with van der Waals surface area (Å²) in [5, 5.41) is 12.0. The van der Waals surface area contributed by atoms with Crippen molar-refractivity contribution in [1.82, 2.24) is 9.38 Å². The summed E-state index contributed by atoms with van der Waals surface area (Å²) in [6.45, 7) is 5.96. The Labute approximate surface area is 132 Å². The SMILES string of the molecule is Cc1nc(C)n2c(c1C)c(CCCl)c1cc([N+](=O)[O-])ccc12. The van der Waals surface area contributed by atoms with Gasteiger partial charge in [-0.05, 0) is 44.4 Å². The number of aromatic nitrogens is 2. The molecule has 0 bridgehead atoms. The fraction of sp³-hybridized carbons (Fsp3) is 0.312. The molecule has 3 aromatic rings. The third-order valence-electron chi connectivity index (χ3n) is 4.16. The zero-order chi connectivity index (χ0) is 16.0. The van der Waals surface area contributed by atoms with Gasteiger partial charge in [0.25, 0.3) is 5.69 Å². The number of alkyl halides is 1. The van der Waals surface area contributed by atoms with Crippen molar-refractivity contribution in [3.63, 3.8) is 0 Å². The lowest BCUT2D eigenvalue weighted by Gasteiger charge is -2.09. The van der Waals surface area contributed by atoms with Crippen molar-refractivity contribution in [2.45, 2.75) is 27.2 Å². The molecule has 0 aliphatic rings. The first-order valence-corrected chi connectivity index (χ1v) is 7.60. The summed E-state index contributed by atoms with van der Waals surface area (Å²) in [6.07, 6.45) is 0.666. The van der Waals surface area contributed by atoms with Crippen LogP contribution in [0.3, 0.4) is 0 Å². The smallest absolute Gasteiger partial charge is 0.270 e. The lowest BCUT2D eigenvalue weighted by Crippen LogP contribution is -2.01. The van der Waals surface area contributed by atoms with Crippen molar-refractivity contribution in [2.24, 2.45) is 0 Å². The molecule has 0 unspecified atom stereocenters. The van der Waals surface area contributed by atoms with Crippen molar-refractivity contribution in [2.75, 3.05) is 5.88 Å². The average molecular weight is 318 g/mol. The maximum atomic E-state index is 11.1. The Morgan fingerprint density at radius 3 is 2.68 bits per heavy atom. The van der Waals surface area contributed by atoms with E-state index in [9.17, 15) is 10.1 Å². The van der Waals surface area contributed by atoms with Gasteiger partial charge in [0.1, 0.15) is 5.82 Å². The maximum Gasteiger partial charge on any atom is 0.270 e. The van der Waals surface area contributed by atoms with Crippen LogP contribution in [0.5, 0.6) is 0 Å². The molecule has 22 heavy (non-hydrogen) atoms. The number of nitro groups is 1. The fourth-order valence-electron chi connectivity index (χ4n) is 3.08. The topological polar surface area (TPSA) is 60.4 Å². The van der Waals surface area contributed by atoms with Crippen LogP contribution in [-0.2, 0) is 6.42 Å². The molecule has 0 spiro atoms. The normalized spacial score (nSPS) is 11.5. The minimum absolute atomic E-state index is 0.0965. The largest absolute Gasteiger partial charge is 0.297 e. The third kappa shape index (κ3) is 2.04. The molecule has 0 aliphatic carbocycles. The molecule has 1 aromatic carbocycles. The van der Waals surface area contributed by atoms with Crippen LogP contribution in [0.1, 0.15) is 22.6 Å². The number of halogens is 1. The van der Waals surface area contributed by atoms with E-state index < -0.39 is 0 Å². The summed E-state index contributed by atoms with van der Waals surface area (Å²) in [5.74, 6) is 1.34. The number of hydrogen-bond acceptors (Lipinski definition) is 3. The van der Waals surface area contributed by atoms with Gasteiger partial charge in [-0.3, -0.25) is 14.5 Å². The molecule has 0 fully saturated rings. The molecule has 0 N–H and O–H groups in total. The standard InChI is InChI=1S/C16H16ClN3O2/c1-9-10(2)18-11(3)19-15-5-4-12(20(21)22)8-14(15)13(6-7-17)16(9)19/h4-5,8H,6-7H2,1-3H3. The van der Waals surface area contributed by atoms with Crippen molar-refractivity contribution in [1.29, 1.82) is 0 Å². The number of non-ortho nitro benzene ring substituents is 1. The molecule has 5 nitrogen and oxygen atoms in total. The molecule has 0 saturated heterocycles. The van der Waals surface area contributed by atoms with E-state index in [0.717, 1.165) is 39.1 Å². The van der Waals surface area contributed by atoms with E-state index in [2.05, 4.69) is 9.38 Å². The quantitative estimate of drug-likeness (QED) is 0.415. The number of rotatable bonds is 3. The second-order valence-corrected chi connectivity index (χ2v) is 5.81. The summed E-state index contributed by atoms with van der Waals surface area (Å²) in [7, 11) is 0. The van der Waals surface area contributed by atoms with Gasteiger partial charge in [0.15, 0.2) is 0 Å². The van der Waals surface area contributed by atoms with Gasteiger partial charge < -0.3 is 0 Å². The summed E-state index contributed by atoms with van der Waals surface area (Å²) in [6, 6.07) is 4.97. The van der Waals surface area contributed by atoms with Crippen LogP contribution in [0.25, 0.3) is 16.4 Å². The van der Waals surface area contributed by atoms with Crippen LogP contribution >= 0.6 is 11.6 Å². The Hall–Kier alpha value is -2.14. The Morgan fingerprint density at radius 1 is 1.32 bits per heavy atom. The Bertz CT molecular complexity index is 915. The minimum atomic E-state index is -0.366. The van der Waals surface area contributed by atoms with Gasteiger partial charge in [-0.2, -0.15) is 0 Å². The highest BCUT2D eigenvalue weighted by atomic mass is 35.5. The monoisotopic (exact) mass is 317 g/mol. The zero-order valence-corrected chi connectivity index (χ0v) is 13.4. The molecule has 2 aromatic heterocycles. The van der Waals surface area contributed by atoms with Crippen molar-refractivity contribution in [3.05, 3.63) is 51.0 Å². The van der Waals surface area contributed by atoms with Gasteiger partial charge in [-0.1, -0.05) is 0 Å². The molecule has 0 atom stereocenters. The van der Waals surface area contributed by atoms with Gasteiger partial charge in [0, 0.05) is 29.1 Å². The van der Waals surface area contributed by atoms with E-state index in [1.54, 1.807) is 12.1 Å². The highest BCUT2D eigenvalue weighted by Gasteiger charge is 2.19. The average Bonchev–Trinajstić information content (AvgIpc) is 2.80. The van der Waals surface area contributed by atoms with Gasteiger partial charge >= 0.3 is 0 Å². The van der Waals surface area contributed by atoms with E-state index >= 15 is 0 Å². The third-order valence-corrected chi connectivity index (χ3v) is 4.35. The van der Waals surface area contributed by atoms with Crippen LogP contribution in [0.2, 0.25) is 0 Å². The zero-order valence-electron chi connectivity index (χ0n) is 12.7. The molecule has 0 amide bonds. The molecule has 114 valence electrons. The predicted molar refractivity (Wildman–Crippen MR) is 88.0 cm³/mol. The fourth-order valence-corrected chi connectivity index (χ4v) is 3.27. The molecule has 0 radical (unpaired) electrons. The lowest BCUT2D eigenvalue weighted by atomic mass is 10.1. The summed E-state index contributed by atoms with van der Waals surface area (Å²) < 4.78 is 2.07. The molecule has 0 saturated carbocycles. The molecular formula is C16H16ClN3O2. The Balaban J connectivity index is 2.54. The number of nitro benzene ring substituents is 1. The van der Waals surface area contributed by atoms with Crippen LogP contribution in [0, 0.1) is 30.9 Å². The van der Waals surface area contributed by atoms with E-state index in [0.29, 0.717) is 12.3 Å². The molecule has 6 heteroatoms. The molecule has 0 aliphatic heterocycles. The van der Waals surface area contributed by atoms with E-state index in [4.69, 9.17) is 11.6 Å². The number of nitrogens with zero attached hydrogens (tertiary/aromatic N) is 3. The number of benzene rings is 1. The second kappa shape index (κ2) is 5.25. The first kappa shape index (κ1) is 14.8. The number of fused-ring (bicyclic) bond motifs is 3. The van der Waals surface area contributed by atoms with Crippen LogP contribution in [-0.4, -0.2) is 20.2 Å². The van der Waals surface area contributed by atoms with Gasteiger partial charge in [-0.25, -0.2) is 4.98 Å². The molecule has 3 rings (SSSR count). The summed E-state index contributed by atoms with van der Waals surface area (Å²) in [4.78, 5) is 15.3. The Morgan fingerprint density at radius 2 is 2.05 bits per heavy atom. The molecular weight excluding hydrogens is 302 g/mol. The highest BCUT2D eigenvalue weighted by Crippen LogP contribution is 2.33. The van der Waals surface area contributed by atoms with Crippen molar-refractivity contribution < 1.29 is 4.92 Å². The summed E-state index contributed by atoms with van der Waals surface area (Å²) >= 11 is 5.97. The van der Waals surface area contributed by atoms with Crippen molar-refractivity contribution in [3.8, 4) is 0 Å². The van der Waals surface area contributed by atoms with Gasteiger partial charge in [0.05, 0.1) is 16.0 Å². The van der Waals surface area contributed by atoms with Crippen LogP contribution < -0.4 is 0 Å². The van der Waals surface area contributed by atoms with Crippen LogP contribution in [0.15, 0.2) is 18.2 Å². The van der Waals surface area contributed by atoms with Gasteiger partial charge in [-0.15, -0.1) is 11.6 Å². The Kier molecular flexibility index (Phi) is 3.53. The minimum Gasteiger partial charge on any atom is -0.297 e. The van der Waals surface area contributed by atoms with E-state index in [-0.39, 0.29) is 10.6 Å². The summed E-state index contributed by atoms with van der Waals surface area (Å²) in [5.41, 5.74) is 5.22.